The van der Waals surface area contributed by atoms with E-state index in [1.54, 1.807) is 7.11 Å². The zero-order valence-electron chi connectivity index (χ0n) is 15.9. The molecule has 1 unspecified atom stereocenters. The van der Waals surface area contributed by atoms with Gasteiger partial charge in [0.15, 0.2) is 11.5 Å². The van der Waals surface area contributed by atoms with E-state index in [1.807, 2.05) is 25.1 Å². The predicted octanol–water partition coefficient (Wildman–Crippen LogP) is 3.57. The second kappa shape index (κ2) is 8.56. The zero-order chi connectivity index (χ0) is 18.4. The minimum absolute atomic E-state index is 0.0567. The average Bonchev–Trinajstić information content (AvgIpc) is 2.60. The van der Waals surface area contributed by atoms with Gasteiger partial charge in [-0.15, -0.1) is 0 Å². The van der Waals surface area contributed by atoms with Gasteiger partial charge in [0.2, 0.25) is 5.91 Å². The van der Waals surface area contributed by atoms with Gasteiger partial charge in [0.05, 0.1) is 25.3 Å². The summed E-state index contributed by atoms with van der Waals surface area (Å²) in [5.41, 5.74) is 6.57. The number of amides is 1. The van der Waals surface area contributed by atoms with Crippen molar-refractivity contribution in [2.75, 3.05) is 13.7 Å². The molecule has 5 heteroatoms. The number of carbonyl (C=O) groups is 1. The van der Waals surface area contributed by atoms with Crippen LogP contribution in [-0.2, 0) is 4.79 Å². The first kappa shape index (κ1) is 19.6. The largest absolute Gasteiger partial charge is 0.493 e. The molecule has 25 heavy (non-hydrogen) atoms. The average molecular weight is 348 g/mol. The number of nitrogens with two attached hydrogens (primary N) is 1. The molecule has 0 spiro atoms. The summed E-state index contributed by atoms with van der Waals surface area (Å²) in [6.07, 6.45) is 4.73. The summed E-state index contributed by atoms with van der Waals surface area (Å²) < 4.78 is 11.2. The van der Waals surface area contributed by atoms with E-state index in [9.17, 15) is 4.79 Å². The molecule has 1 fully saturated rings. The van der Waals surface area contributed by atoms with Crippen LogP contribution in [0.5, 0.6) is 11.5 Å². The molecule has 1 aliphatic rings. The summed E-state index contributed by atoms with van der Waals surface area (Å²) in [5, 5.41) is 3.07. The van der Waals surface area contributed by atoms with Crippen LogP contribution < -0.4 is 20.5 Å². The minimum atomic E-state index is -0.725. The fourth-order valence-electron chi connectivity index (χ4n) is 3.16. The SMILES string of the molecule is COc1cc(C(C)NC(=O)C2(N)CCCCC2)ccc1OCC(C)C. The molecule has 1 aliphatic carbocycles. The number of benzene rings is 1. The van der Waals surface area contributed by atoms with Gasteiger partial charge in [0.1, 0.15) is 0 Å². The minimum Gasteiger partial charge on any atom is -0.493 e. The number of rotatable bonds is 7. The number of hydrogen-bond acceptors (Lipinski definition) is 4. The van der Waals surface area contributed by atoms with Crippen molar-refractivity contribution in [2.24, 2.45) is 11.7 Å². The van der Waals surface area contributed by atoms with Crippen molar-refractivity contribution in [2.45, 2.75) is 64.5 Å². The lowest BCUT2D eigenvalue weighted by molar-refractivity contribution is -0.128. The first-order chi connectivity index (χ1) is 11.9. The number of carbonyl (C=O) groups excluding carboxylic acids is 1. The third kappa shape index (κ3) is 5.11. The lowest BCUT2D eigenvalue weighted by atomic mass is 9.81. The Morgan fingerprint density at radius 3 is 2.48 bits per heavy atom. The number of ether oxygens (including phenoxy) is 2. The van der Waals surface area contributed by atoms with Gasteiger partial charge in [-0.05, 0) is 43.4 Å². The summed E-state index contributed by atoms with van der Waals surface area (Å²) in [6.45, 7) is 6.81. The summed E-state index contributed by atoms with van der Waals surface area (Å²) in [7, 11) is 1.63. The molecule has 1 amide bonds. The first-order valence-corrected chi connectivity index (χ1v) is 9.26. The van der Waals surface area contributed by atoms with Gasteiger partial charge in [-0.25, -0.2) is 0 Å². The van der Waals surface area contributed by atoms with Crippen molar-refractivity contribution < 1.29 is 14.3 Å². The molecule has 0 aliphatic heterocycles. The Balaban J connectivity index is 2.05. The van der Waals surface area contributed by atoms with Crippen LogP contribution in [0.3, 0.4) is 0 Å². The highest BCUT2D eigenvalue weighted by Crippen LogP contribution is 2.31. The van der Waals surface area contributed by atoms with Crippen LogP contribution in [0.15, 0.2) is 18.2 Å². The fourth-order valence-corrected chi connectivity index (χ4v) is 3.16. The zero-order valence-corrected chi connectivity index (χ0v) is 15.9. The van der Waals surface area contributed by atoms with Gasteiger partial charge < -0.3 is 20.5 Å². The number of methoxy groups -OCH3 is 1. The molecule has 5 nitrogen and oxygen atoms in total. The van der Waals surface area contributed by atoms with Crippen molar-refractivity contribution >= 4 is 5.91 Å². The van der Waals surface area contributed by atoms with Gasteiger partial charge >= 0.3 is 0 Å². The molecule has 0 aromatic heterocycles. The maximum Gasteiger partial charge on any atom is 0.240 e. The predicted molar refractivity (Wildman–Crippen MR) is 99.9 cm³/mol. The standard InChI is InChI=1S/C20H32N2O3/c1-14(2)13-25-17-9-8-16(12-18(17)24-4)15(3)22-19(23)20(21)10-6-5-7-11-20/h8-9,12,14-15H,5-7,10-11,13,21H2,1-4H3,(H,22,23). The van der Waals surface area contributed by atoms with Crippen molar-refractivity contribution in [1.82, 2.24) is 5.32 Å². The molecule has 3 N–H and O–H groups in total. The number of nitrogens with one attached hydrogen (secondary N) is 1. The second-order valence-corrected chi connectivity index (χ2v) is 7.53. The summed E-state index contributed by atoms with van der Waals surface area (Å²) in [4.78, 5) is 12.6. The lowest BCUT2D eigenvalue weighted by Crippen LogP contribution is -2.55. The van der Waals surface area contributed by atoms with Crippen LogP contribution in [0.4, 0.5) is 0 Å². The van der Waals surface area contributed by atoms with E-state index in [-0.39, 0.29) is 11.9 Å². The van der Waals surface area contributed by atoms with E-state index in [2.05, 4.69) is 19.2 Å². The normalized spacial score (nSPS) is 17.8. The van der Waals surface area contributed by atoms with E-state index in [1.165, 1.54) is 0 Å². The monoisotopic (exact) mass is 348 g/mol. The van der Waals surface area contributed by atoms with Crippen LogP contribution in [-0.4, -0.2) is 25.2 Å². The number of hydrogen-bond donors (Lipinski definition) is 2. The van der Waals surface area contributed by atoms with Crippen molar-refractivity contribution in [3.8, 4) is 11.5 Å². The van der Waals surface area contributed by atoms with Crippen LogP contribution in [0, 0.1) is 5.92 Å². The molecular weight excluding hydrogens is 316 g/mol. The molecule has 140 valence electrons. The highest BCUT2D eigenvalue weighted by atomic mass is 16.5. The molecule has 0 saturated heterocycles. The molecule has 0 bridgehead atoms. The highest BCUT2D eigenvalue weighted by molar-refractivity contribution is 5.86. The molecule has 2 rings (SSSR count). The third-order valence-corrected chi connectivity index (χ3v) is 4.81. The Morgan fingerprint density at radius 2 is 1.88 bits per heavy atom. The molecule has 1 atom stereocenters. The van der Waals surface area contributed by atoms with Crippen LogP contribution in [0.1, 0.15) is 64.5 Å². The highest BCUT2D eigenvalue weighted by Gasteiger charge is 2.35. The molecule has 1 aromatic rings. The van der Waals surface area contributed by atoms with Crippen LogP contribution in [0.2, 0.25) is 0 Å². The Kier molecular flexibility index (Phi) is 6.71. The van der Waals surface area contributed by atoms with Gasteiger partial charge in [-0.2, -0.15) is 0 Å². The Morgan fingerprint density at radius 1 is 1.20 bits per heavy atom. The van der Waals surface area contributed by atoms with E-state index in [0.29, 0.717) is 18.3 Å². The molecule has 1 saturated carbocycles. The van der Waals surface area contributed by atoms with Crippen LogP contribution in [0.25, 0.3) is 0 Å². The summed E-state index contributed by atoms with van der Waals surface area (Å²) in [6, 6.07) is 5.65. The van der Waals surface area contributed by atoms with E-state index >= 15 is 0 Å². The van der Waals surface area contributed by atoms with Gasteiger partial charge in [-0.3, -0.25) is 4.79 Å². The Labute approximate surface area is 151 Å². The fraction of sp³-hybridized carbons (Fsp3) is 0.650. The van der Waals surface area contributed by atoms with E-state index in [4.69, 9.17) is 15.2 Å². The van der Waals surface area contributed by atoms with Gasteiger partial charge in [-0.1, -0.05) is 39.2 Å². The molecule has 1 aromatic carbocycles. The molecule has 0 heterocycles. The third-order valence-electron chi connectivity index (χ3n) is 4.81. The van der Waals surface area contributed by atoms with Crippen molar-refractivity contribution in [3.05, 3.63) is 23.8 Å². The van der Waals surface area contributed by atoms with Crippen molar-refractivity contribution in [1.29, 1.82) is 0 Å². The molecular formula is C20H32N2O3. The maximum absolute atomic E-state index is 12.6. The molecule has 0 radical (unpaired) electrons. The topological polar surface area (TPSA) is 73.6 Å². The second-order valence-electron chi connectivity index (χ2n) is 7.53. The smallest absolute Gasteiger partial charge is 0.240 e. The van der Waals surface area contributed by atoms with E-state index < -0.39 is 5.54 Å². The van der Waals surface area contributed by atoms with E-state index in [0.717, 1.165) is 43.4 Å². The summed E-state index contributed by atoms with van der Waals surface area (Å²) >= 11 is 0. The Hall–Kier alpha value is -1.75. The van der Waals surface area contributed by atoms with Crippen molar-refractivity contribution in [3.63, 3.8) is 0 Å². The van der Waals surface area contributed by atoms with Gasteiger partial charge in [0, 0.05) is 0 Å². The maximum atomic E-state index is 12.6. The van der Waals surface area contributed by atoms with Gasteiger partial charge in [0.25, 0.3) is 0 Å². The van der Waals surface area contributed by atoms with Crippen LogP contribution >= 0.6 is 0 Å². The Bertz CT molecular complexity index is 580. The lowest BCUT2D eigenvalue weighted by Gasteiger charge is -2.33. The first-order valence-electron chi connectivity index (χ1n) is 9.26. The summed E-state index contributed by atoms with van der Waals surface area (Å²) in [5.74, 6) is 1.79. The quantitative estimate of drug-likeness (QED) is 0.790.